The standard InChI is InChI=1S/C22H26ClN5O3S/c1-15(2)27(5)32(30,31)19-10-11-21(23)20(12-19)22(29)26(4)16(3)17-6-8-18(9-7-17)28-14-24-13-25-28/h6-16H,1-5H3. The molecule has 0 N–H and O–H groups in total. The molecule has 2 aromatic carbocycles. The van der Waals surface area contributed by atoms with E-state index >= 15 is 0 Å². The van der Waals surface area contributed by atoms with Crippen LogP contribution in [0, 0.1) is 0 Å². The van der Waals surface area contributed by atoms with Crippen LogP contribution in [0.5, 0.6) is 0 Å². The molecule has 8 nitrogen and oxygen atoms in total. The molecule has 0 aliphatic rings. The van der Waals surface area contributed by atoms with Crippen LogP contribution < -0.4 is 0 Å². The zero-order valence-electron chi connectivity index (χ0n) is 18.6. The average Bonchev–Trinajstić information content (AvgIpc) is 3.32. The normalized spacial score (nSPS) is 12.9. The molecular formula is C22H26ClN5O3S. The second-order valence-corrected chi connectivity index (χ2v) is 10.2. The zero-order chi connectivity index (χ0) is 23.6. The quantitative estimate of drug-likeness (QED) is 0.518. The van der Waals surface area contributed by atoms with Crippen molar-refractivity contribution in [2.24, 2.45) is 0 Å². The van der Waals surface area contributed by atoms with Gasteiger partial charge in [0, 0.05) is 20.1 Å². The minimum absolute atomic E-state index is 0.0275. The van der Waals surface area contributed by atoms with Gasteiger partial charge in [0.2, 0.25) is 10.0 Å². The van der Waals surface area contributed by atoms with Gasteiger partial charge in [0.1, 0.15) is 12.7 Å². The highest BCUT2D eigenvalue weighted by atomic mass is 35.5. The summed E-state index contributed by atoms with van der Waals surface area (Å²) in [6.07, 6.45) is 3.06. The van der Waals surface area contributed by atoms with E-state index in [2.05, 4.69) is 10.1 Å². The molecule has 1 heterocycles. The van der Waals surface area contributed by atoms with E-state index in [-0.39, 0.29) is 33.5 Å². The van der Waals surface area contributed by atoms with Crippen molar-refractivity contribution in [3.63, 3.8) is 0 Å². The van der Waals surface area contributed by atoms with E-state index < -0.39 is 10.0 Å². The Morgan fingerprint density at radius 3 is 2.28 bits per heavy atom. The Morgan fingerprint density at radius 2 is 1.72 bits per heavy atom. The van der Waals surface area contributed by atoms with Crippen molar-refractivity contribution in [2.75, 3.05) is 14.1 Å². The molecule has 170 valence electrons. The summed E-state index contributed by atoms with van der Waals surface area (Å²) in [4.78, 5) is 18.7. The summed E-state index contributed by atoms with van der Waals surface area (Å²) in [6.45, 7) is 5.45. The number of carbonyl (C=O) groups is 1. The van der Waals surface area contributed by atoms with E-state index in [1.165, 1.54) is 40.8 Å². The lowest BCUT2D eigenvalue weighted by Gasteiger charge is -2.26. The third-order valence-electron chi connectivity index (χ3n) is 5.53. The molecule has 1 aromatic heterocycles. The highest BCUT2D eigenvalue weighted by molar-refractivity contribution is 7.89. The second kappa shape index (κ2) is 9.40. The summed E-state index contributed by atoms with van der Waals surface area (Å²) in [5.74, 6) is -0.368. The molecule has 0 bridgehead atoms. The van der Waals surface area contributed by atoms with E-state index in [0.717, 1.165) is 11.3 Å². The number of halogens is 1. The number of hydrogen-bond acceptors (Lipinski definition) is 5. The van der Waals surface area contributed by atoms with Gasteiger partial charge in [-0.1, -0.05) is 23.7 Å². The van der Waals surface area contributed by atoms with Crippen molar-refractivity contribution in [3.8, 4) is 5.69 Å². The molecule has 0 saturated heterocycles. The second-order valence-electron chi connectivity index (χ2n) is 7.78. The number of nitrogens with zero attached hydrogens (tertiary/aromatic N) is 5. The molecule has 0 aliphatic heterocycles. The largest absolute Gasteiger partial charge is 0.335 e. The third kappa shape index (κ3) is 4.69. The van der Waals surface area contributed by atoms with E-state index in [1.54, 1.807) is 31.9 Å². The van der Waals surface area contributed by atoms with Gasteiger partial charge in [0.25, 0.3) is 5.91 Å². The van der Waals surface area contributed by atoms with Gasteiger partial charge in [-0.3, -0.25) is 4.79 Å². The van der Waals surface area contributed by atoms with E-state index in [9.17, 15) is 13.2 Å². The molecule has 0 spiro atoms. The summed E-state index contributed by atoms with van der Waals surface area (Å²) in [5.41, 5.74) is 1.89. The lowest BCUT2D eigenvalue weighted by atomic mass is 10.1. The van der Waals surface area contributed by atoms with Crippen molar-refractivity contribution in [2.45, 2.75) is 37.8 Å². The van der Waals surface area contributed by atoms with Crippen LogP contribution in [0.3, 0.4) is 0 Å². The Hall–Kier alpha value is -2.75. The summed E-state index contributed by atoms with van der Waals surface area (Å²) in [7, 11) is -0.575. The van der Waals surface area contributed by atoms with Gasteiger partial charge in [-0.15, -0.1) is 0 Å². The highest BCUT2D eigenvalue weighted by Crippen LogP contribution is 2.27. The molecule has 1 amide bonds. The van der Waals surface area contributed by atoms with Crippen LogP contribution >= 0.6 is 11.6 Å². The fraction of sp³-hybridized carbons (Fsp3) is 0.318. The molecule has 10 heteroatoms. The summed E-state index contributed by atoms with van der Waals surface area (Å²) < 4.78 is 28.6. The number of carbonyl (C=O) groups excluding carboxylic acids is 1. The van der Waals surface area contributed by atoms with Gasteiger partial charge in [-0.2, -0.15) is 9.40 Å². The maximum absolute atomic E-state index is 13.2. The summed E-state index contributed by atoms with van der Waals surface area (Å²) >= 11 is 6.28. The van der Waals surface area contributed by atoms with Gasteiger partial charge < -0.3 is 4.90 Å². The first-order valence-corrected chi connectivity index (χ1v) is 11.9. The van der Waals surface area contributed by atoms with Crippen LogP contribution in [0.4, 0.5) is 0 Å². The molecule has 0 aliphatic carbocycles. The van der Waals surface area contributed by atoms with Gasteiger partial charge >= 0.3 is 0 Å². The number of sulfonamides is 1. The lowest BCUT2D eigenvalue weighted by Crippen LogP contribution is -2.33. The Labute approximate surface area is 193 Å². The smallest absolute Gasteiger partial charge is 0.255 e. The lowest BCUT2D eigenvalue weighted by molar-refractivity contribution is 0.0742. The van der Waals surface area contributed by atoms with Gasteiger partial charge in [-0.05, 0) is 56.7 Å². The maximum atomic E-state index is 13.2. The number of hydrogen-bond donors (Lipinski definition) is 0. The third-order valence-corrected chi connectivity index (χ3v) is 7.89. The Morgan fingerprint density at radius 1 is 1.06 bits per heavy atom. The van der Waals surface area contributed by atoms with Gasteiger partial charge in [0.15, 0.2) is 0 Å². The summed E-state index contributed by atoms with van der Waals surface area (Å²) in [5, 5.41) is 4.29. The van der Waals surface area contributed by atoms with Crippen molar-refractivity contribution < 1.29 is 13.2 Å². The van der Waals surface area contributed by atoms with Crippen molar-refractivity contribution in [3.05, 3.63) is 71.3 Å². The summed E-state index contributed by atoms with van der Waals surface area (Å²) in [6, 6.07) is 11.3. The molecular weight excluding hydrogens is 450 g/mol. The van der Waals surface area contributed by atoms with Crippen molar-refractivity contribution in [1.82, 2.24) is 24.0 Å². The van der Waals surface area contributed by atoms with Crippen LogP contribution in [0.15, 0.2) is 60.0 Å². The van der Waals surface area contributed by atoms with Crippen LogP contribution in [-0.2, 0) is 10.0 Å². The molecule has 0 fully saturated rings. The number of aromatic nitrogens is 3. The van der Waals surface area contributed by atoms with E-state index in [0.29, 0.717) is 0 Å². The van der Waals surface area contributed by atoms with Crippen LogP contribution in [0.1, 0.15) is 42.7 Å². The van der Waals surface area contributed by atoms with Crippen molar-refractivity contribution in [1.29, 1.82) is 0 Å². The first-order valence-electron chi connectivity index (χ1n) is 10.0. The number of rotatable bonds is 7. The van der Waals surface area contributed by atoms with Crippen LogP contribution in [0.25, 0.3) is 5.69 Å². The fourth-order valence-electron chi connectivity index (χ4n) is 3.11. The minimum atomic E-state index is -3.74. The number of amides is 1. The molecule has 1 unspecified atom stereocenters. The first kappa shape index (κ1) is 23.9. The van der Waals surface area contributed by atoms with Gasteiger partial charge in [0.05, 0.1) is 27.2 Å². The van der Waals surface area contributed by atoms with Crippen molar-refractivity contribution >= 4 is 27.5 Å². The maximum Gasteiger partial charge on any atom is 0.255 e. The molecule has 32 heavy (non-hydrogen) atoms. The Kier molecular flexibility index (Phi) is 7.02. The van der Waals surface area contributed by atoms with Gasteiger partial charge in [-0.25, -0.2) is 18.1 Å². The fourth-order valence-corrected chi connectivity index (χ4v) is 4.70. The van der Waals surface area contributed by atoms with E-state index in [4.69, 9.17) is 11.6 Å². The van der Waals surface area contributed by atoms with Crippen LogP contribution in [0.2, 0.25) is 5.02 Å². The van der Waals surface area contributed by atoms with Crippen LogP contribution in [-0.4, -0.2) is 58.4 Å². The molecule has 0 saturated carbocycles. The SMILES string of the molecule is CC(c1ccc(-n2cncn2)cc1)N(C)C(=O)c1cc(S(=O)(=O)N(C)C(C)C)ccc1Cl. The zero-order valence-corrected chi connectivity index (χ0v) is 20.2. The number of benzene rings is 2. The topological polar surface area (TPSA) is 88.4 Å². The molecule has 3 rings (SSSR count). The predicted molar refractivity (Wildman–Crippen MR) is 123 cm³/mol. The monoisotopic (exact) mass is 475 g/mol. The van der Waals surface area contributed by atoms with E-state index in [1.807, 2.05) is 31.2 Å². The molecule has 0 radical (unpaired) electrons. The average molecular weight is 476 g/mol. The highest BCUT2D eigenvalue weighted by Gasteiger charge is 2.27. The first-order chi connectivity index (χ1) is 15.0. The molecule has 3 aromatic rings. The minimum Gasteiger partial charge on any atom is -0.335 e. The predicted octanol–water partition coefficient (Wildman–Crippen LogP) is 3.78. The molecule has 1 atom stereocenters. The Balaban J connectivity index is 1.86. The Bertz CT molecular complexity index is 1190.